The minimum absolute atomic E-state index is 0.000294. The largest absolute Gasteiger partial charge is 0.379 e. The van der Waals surface area contributed by atoms with Crippen LogP contribution in [0.15, 0.2) is 30.3 Å². The van der Waals surface area contributed by atoms with Crippen LogP contribution in [-0.4, -0.2) is 147 Å². The number of likely N-dealkylation sites (N-methyl/N-ethyl adjacent to an activating group) is 2. The number of hydrogen-bond donors (Lipinski definition) is 4. The van der Waals surface area contributed by atoms with E-state index in [1.165, 1.54) is 0 Å². The number of carbonyl (C=O) groups is 5. The Labute approximate surface area is 367 Å². The van der Waals surface area contributed by atoms with Crippen molar-refractivity contribution in [1.29, 1.82) is 0 Å². The van der Waals surface area contributed by atoms with Gasteiger partial charge in [-0.25, -0.2) is 0 Å². The van der Waals surface area contributed by atoms with Gasteiger partial charge in [-0.15, -0.1) is 0 Å². The second-order valence-corrected chi connectivity index (χ2v) is 18.7. The SMILES string of the molecule is CC[C@H](C)[C@@H]([C@@H](CC(=O)N1CCC[C@H]1[C@H](OC)[C@@H](C)C(=O)N[C@@H](Cc1ccccc1)C(=O)NCCONC(C)(C)C)OC)N(C)C(=O)[C@@H](NC(=O)[C@H](C(C)C)N(C)C)C(C)C. The van der Waals surface area contributed by atoms with E-state index in [0.29, 0.717) is 13.0 Å². The predicted molar refractivity (Wildman–Crippen MR) is 239 cm³/mol. The van der Waals surface area contributed by atoms with Crippen LogP contribution >= 0.6 is 0 Å². The van der Waals surface area contributed by atoms with Gasteiger partial charge in [-0.1, -0.05) is 85.2 Å². The summed E-state index contributed by atoms with van der Waals surface area (Å²) >= 11 is 0. The van der Waals surface area contributed by atoms with Crippen LogP contribution in [0, 0.1) is 23.7 Å². The molecule has 1 aliphatic heterocycles. The number of hydrogen-bond acceptors (Lipinski definition) is 10. The van der Waals surface area contributed by atoms with Crippen LogP contribution in [-0.2, 0) is 44.7 Å². The Hall–Kier alpha value is -3.63. The maximum absolute atomic E-state index is 14.4. The number of likely N-dealkylation sites (tertiary alicyclic amines) is 1. The fourth-order valence-electron chi connectivity index (χ4n) is 8.39. The van der Waals surface area contributed by atoms with Crippen molar-refractivity contribution in [2.24, 2.45) is 23.7 Å². The molecule has 0 saturated carbocycles. The van der Waals surface area contributed by atoms with Crippen molar-refractivity contribution in [2.75, 3.05) is 55.1 Å². The third-order valence-corrected chi connectivity index (χ3v) is 11.7. The molecule has 348 valence electrons. The summed E-state index contributed by atoms with van der Waals surface area (Å²) in [5, 5.41) is 8.91. The highest BCUT2D eigenvalue weighted by Crippen LogP contribution is 2.30. The number of amides is 5. The summed E-state index contributed by atoms with van der Waals surface area (Å²) in [6, 6.07) is 6.57. The normalized spacial score (nSPS) is 18.5. The zero-order valence-electron chi connectivity index (χ0n) is 40.0. The first kappa shape index (κ1) is 53.5. The number of benzene rings is 1. The van der Waals surface area contributed by atoms with E-state index in [1.54, 1.807) is 38.0 Å². The van der Waals surface area contributed by atoms with E-state index in [-0.39, 0.29) is 78.8 Å². The maximum atomic E-state index is 14.4. The molecule has 0 aromatic heterocycles. The van der Waals surface area contributed by atoms with Crippen LogP contribution in [0.2, 0.25) is 0 Å². The first-order valence-corrected chi connectivity index (χ1v) is 22.2. The van der Waals surface area contributed by atoms with Gasteiger partial charge in [-0.05, 0) is 71.0 Å². The molecular weight excluding hydrogens is 779 g/mol. The second kappa shape index (κ2) is 25.5. The number of ether oxygens (including phenoxy) is 2. The van der Waals surface area contributed by atoms with Crippen LogP contribution in [0.3, 0.4) is 0 Å². The molecular formula is C46H81N7O8. The average molecular weight is 860 g/mol. The van der Waals surface area contributed by atoms with Crippen molar-refractivity contribution < 1.29 is 38.3 Å². The minimum atomic E-state index is -0.861. The standard InChI is InChI=1S/C46H81N7O8/c1-16-31(6)40(52(13)45(58)38(29(2)3)49-44(57)39(30(4)5)51(11)12)36(59-14)28-37(54)53-25-20-23-35(53)41(60-15)32(7)42(55)48-34(27-33-21-18-17-19-22-33)43(56)47-24-26-61-50-46(8,9)10/h17-19,21-22,29-32,34-36,38-41,50H,16,20,23-28H2,1-15H3,(H,47,56)(H,48,55)(H,49,57)/t31-,32+,34-,35-,36+,38-,39-,40-,41+/m0/s1. The Kier molecular flexibility index (Phi) is 22.3. The molecule has 1 heterocycles. The number of methoxy groups -OCH3 is 2. The summed E-state index contributed by atoms with van der Waals surface area (Å²) in [6.45, 7) is 20.5. The lowest BCUT2D eigenvalue weighted by molar-refractivity contribution is -0.148. The summed E-state index contributed by atoms with van der Waals surface area (Å²) in [5.41, 5.74) is 3.57. The van der Waals surface area contributed by atoms with Gasteiger partial charge in [0, 0.05) is 46.3 Å². The van der Waals surface area contributed by atoms with Crippen molar-refractivity contribution in [3.8, 4) is 0 Å². The molecule has 5 amide bonds. The molecule has 9 atom stereocenters. The van der Waals surface area contributed by atoms with Gasteiger partial charge in [0.2, 0.25) is 29.5 Å². The van der Waals surface area contributed by atoms with Crippen molar-refractivity contribution in [3.63, 3.8) is 0 Å². The molecule has 1 fully saturated rings. The highest BCUT2D eigenvalue weighted by Gasteiger charge is 2.43. The molecule has 15 nitrogen and oxygen atoms in total. The van der Waals surface area contributed by atoms with Gasteiger partial charge in [0.05, 0.1) is 49.3 Å². The van der Waals surface area contributed by atoms with Gasteiger partial charge in [-0.2, -0.15) is 5.48 Å². The Morgan fingerprint density at radius 1 is 0.869 bits per heavy atom. The first-order chi connectivity index (χ1) is 28.6. The minimum Gasteiger partial charge on any atom is -0.379 e. The van der Waals surface area contributed by atoms with Gasteiger partial charge < -0.3 is 35.2 Å². The van der Waals surface area contributed by atoms with Crippen LogP contribution in [0.4, 0.5) is 0 Å². The Morgan fingerprint density at radius 2 is 1.51 bits per heavy atom. The zero-order chi connectivity index (χ0) is 46.2. The average Bonchev–Trinajstić information content (AvgIpc) is 3.68. The predicted octanol–water partition coefficient (Wildman–Crippen LogP) is 3.80. The number of hydroxylamine groups is 1. The molecule has 0 radical (unpaired) electrons. The fourth-order valence-corrected chi connectivity index (χ4v) is 8.39. The van der Waals surface area contributed by atoms with Gasteiger partial charge in [0.15, 0.2) is 0 Å². The van der Waals surface area contributed by atoms with E-state index >= 15 is 0 Å². The summed E-state index contributed by atoms with van der Waals surface area (Å²) in [6.07, 6.45) is 1.04. The van der Waals surface area contributed by atoms with Crippen LogP contribution in [0.5, 0.6) is 0 Å². The number of rotatable bonds is 25. The van der Waals surface area contributed by atoms with Gasteiger partial charge in [-0.3, -0.25) is 33.7 Å². The third kappa shape index (κ3) is 16.2. The molecule has 0 spiro atoms. The van der Waals surface area contributed by atoms with E-state index in [9.17, 15) is 24.0 Å². The Balaban J connectivity index is 2.28. The molecule has 61 heavy (non-hydrogen) atoms. The zero-order valence-corrected chi connectivity index (χ0v) is 40.0. The van der Waals surface area contributed by atoms with Crippen molar-refractivity contribution in [1.82, 2.24) is 36.1 Å². The Morgan fingerprint density at radius 3 is 2.03 bits per heavy atom. The number of carbonyl (C=O) groups excluding carboxylic acids is 5. The van der Waals surface area contributed by atoms with Crippen molar-refractivity contribution in [2.45, 2.75) is 149 Å². The Bertz CT molecular complexity index is 1510. The molecule has 4 N–H and O–H groups in total. The maximum Gasteiger partial charge on any atom is 0.245 e. The van der Waals surface area contributed by atoms with E-state index in [1.807, 2.05) is 112 Å². The second-order valence-electron chi connectivity index (χ2n) is 18.7. The topological polar surface area (TPSA) is 171 Å². The molecule has 1 aliphatic rings. The summed E-state index contributed by atoms with van der Waals surface area (Å²) in [7, 11) is 8.53. The van der Waals surface area contributed by atoms with E-state index in [0.717, 1.165) is 18.4 Å². The highest BCUT2D eigenvalue weighted by atomic mass is 16.6. The van der Waals surface area contributed by atoms with E-state index in [2.05, 4.69) is 21.4 Å². The van der Waals surface area contributed by atoms with Gasteiger partial charge in [0.1, 0.15) is 12.1 Å². The van der Waals surface area contributed by atoms with E-state index < -0.39 is 48.3 Å². The number of nitrogens with zero attached hydrogens (tertiary/aromatic N) is 3. The molecule has 0 unspecified atom stereocenters. The van der Waals surface area contributed by atoms with Crippen LogP contribution < -0.4 is 21.4 Å². The van der Waals surface area contributed by atoms with Crippen LogP contribution in [0.25, 0.3) is 0 Å². The molecule has 1 aromatic carbocycles. The lowest BCUT2D eigenvalue weighted by Crippen LogP contribution is -2.59. The third-order valence-electron chi connectivity index (χ3n) is 11.7. The quantitative estimate of drug-likeness (QED) is 0.0839. The molecule has 1 saturated heterocycles. The molecule has 0 aliphatic carbocycles. The lowest BCUT2D eigenvalue weighted by atomic mass is 9.89. The van der Waals surface area contributed by atoms with Crippen molar-refractivity contribution in [3.05, 3.63) is 35.9 Å². The van der Waals surface area contributed by atoms with Crippen molar-refractivity contribution >= 4 is 29.5 Å². The summed E-state index contributed by atoms with van der Waals surface area (Å²) in [4.78, 5) is 80.5. The summed E-state index contributed by atoms with van der Waals surface area (Å²) in [5.74, 6) is -2.23. The molecule has 1 aromatic rings. The van der Waals surface area contributed by atoms with Gasteiger partial charge >= 0.3 is 0 Å². The van der Waals surface area contributed by atoms with E-state index in [4.69, 9.17) is 14.3 Å². The fraction of sp³-hybridized carbons (Fsp3) is 0.761. The number of nitrogens with one attached hydrogen (secondary N) is 4. The molecule has 15 heteroatoms. The van der Waals surface area contributed by atoms with Gasteiger partial charge in [0.25, 0.3) is 0 Å². The smallest absolute Gasteiger partial charge is 0.245 e. The monoisotopic (exact) mass is 860 g/mol. The molecule has 2 rings (SSSR count). The van der Waals surface area contributed by atoms with Crippen LogP contribution in [0.1, 0.15) is 100 Å². The highest BCUT2D eigenvalue weighted by molar-refractivity contribution is 5.90. The first-order valence-electron chi connectivity index (χ1n) is 22.2. The lowest BCUT2D eigenvalue weighted by Gasteiger charge is -2.41. The molecule has 0 bridgehead atoms. The summed E-state index contributed by atoms with van der Waals surface area (Å²) < 4.78 is 12.1.